The van der Waals surface area contributed by atoms with Crippen LogP contribution in [-0.2, 0) is 0 Å². The SMILES string of the molecule is CCNC(C)c1ccc(N2C3CCC2CC(O)C3)cn1. The Morgan fingerprint density at radius 1 is 1.35 bits per heavy atom. The van der Waals surface area contributed by atoms with Crippen LogP contribution in [0.2, 0.25) is 0 Å². The fourth-order valence-corrected chi connectivity index (χ4v) is 3.79. The number of anilines is 1. The molecule has 2 aliphatic heterocycles. The largest absolute Gasteiger partial charge is 0.393 e. The molecule has 3 unspecified atom stereocenters. The normalized spacial score (nSPS) is 30.6. The quantitative estimate of drug-likeness (QED) is 0.885. The number of hydrogen-bond acceptors (Lipinski definition) is 4. The van der Waals surface area contributed by atoms with Gasteiger partial charge in [-0.15, -0.1) is 0 Å². The molecule has 2 aliphatic rings. The molecule has 2 N–H and O–H groups in total. The van der Waals surface area contributed by atoms with Gasteiger partial charge in [0.05, 0.1) is 23.7 Å². The summed E-state index contributed by atoms with van der Waals surface area (Å²) >= 11 is 0. The van der Waals surface area contributed by atoms with Gasteiger partial charge in [-0.3, -0.25) is 4.98 Å². The molecular formula is C16H25N3O. The van der Waals surface area contributed by atoms with Crippen molar-refractivity contribution in [2.75, 3.05) is 11.4 Å². The van der Waals surface area contributed by atoms with Crippen molar-refractivity contribution in [2.45, 2.75) is 63.8 Å². The minimum absolute atomic E-state index is 0.107. The highest BCUT2D eigenvalue weighted by Gasteiger charge is 2.40. The lowest BCUT2D eigenvalue weighted by atomic mass is 9.99. The highest BCUT2D eigenvalue weighted by Crippen LogP contribution is 2.39. The summed E-state index contributed by atoms with van der Waals surface area (Å²) in [5.41, 5.74) is 2.32. The fraction of sp³-hybridized carbons (Fsp3) is 0.688. The molecule has 0 saturated carbocycles. The summed E-state index contributed by atoms with van der Waals surface area (Å²) < 4.78 is 0. The Bertz CT molecular complexity index is 434. The first kappa shape index (κ1) is 13.8. The molecule has 0 radical (unpaired) electrons. The molecule has 0 spiro atoms. The van der Waals surface area contributed by atoms with E-state index in [4.69, 9.17) is 0 Å². The lowest BCUT2D eigenvalue weighted by Crippen LogP contribution is -2.44. The Hall–Kier alpha value is -1.13. The zero-order valence-corrected chi connectivity index (χ0v) is 12.4. The van der Waals surface area contributed by atoms with Gasteiger partial charge in [-0.05, 0) is 51.3 Å². The molecule has 0 aliphatic carbocycles. The van der Waals surface area contributed by atoms with Crippen molar-refractivity contribution in [1.29, 1.82) is 0 Å². The Morgan fingerprint density at radius 2 is 2.05 bits per heavy atom. The van der Waals surface area contributed by atoms with Gasteiger partial charge in [0.1, 0.15) is 0 Å². The Labute approximate surface area is 121 Å². The topological polar surface area (TPSA) is 48.4 Å². The van der Waals surface area contributed by atoms with E-state index in [9.17, 15) is 5.11 Å². The van der Waals surface area contributed by atoms with Gasteiger partial charge in [0.2, 0.25) is 0 Å². The average Bonchev–Trinajstić information content (AvgIpc) is 2.71. The summed E-state index contributed by atoms with van der Waals surface area (Å²) in [6.45, 7) is 5.22. The van der Waals surface area contributed by atoms with Crippen molar-refractivity contribution >= 4 is 5.69 Å². The first-order valence-electron chi connectivity index (χ1n) is 7.84. The number of pyridine rings is 1. The molecular weight excluding hydrogens is 250 g/mol. The van der Waals surface area contributed by atoms with Crippen molar-refractivity contribution in [3.8, 4) is 0 Å². The molecule has 2 bridgehead atoms. The van der Waals surface area contributed by atoms with Crippen LogP contribution in [0.1, 0.15) is 51.3 Å². The molecule has 2 saturated heterocycles. The Kier molecular flexibility index (Phi) is 3.94. The molecule has 3 atom stereocenters. The van der Waals surface area contributed by atoms with Crippen LogP contribution < -0.4 is 10.2 Å². The van der Waals surface area contributed by atoms with Gasteiger partial charge < -0.3 is 15.3 Å². The van der Waals surface area contributed by atoms with E-state index in [1.54, 1.807) is 0 Å². The van der Waals surface area contributed by atoms with E-state index in [0.29, 0.717) is 18.1 Å². The van der Waals surface area contributed by atoms with Gasteiger partial charge in [-0.25, -0.2) is 0 Å². The number of piperidine rings is 1. The maximum atomic E-state index is 9.88. The second kappa shape index (κ2) is 5.70. The molecule has 0 amide bonds. The maximum absolute atomic E-state index is 9.88. The van der Waals surface area contributed by atoms with Crippen LogP contribution in [0, 0.1) is 0 Å². The first-order valence-corrected chi connectivity index (χ1v) is 7.84. The number of aliphatic hydroxyl groups is 1. The van der Waals surface area contributed by atoms with E-state index in [0.717, 1.165) is 25.1 Å². The molecule has 1 aromatic rings. The van der Waals surface area contributed by atoms with Gasteiger partial charge in [0, 0.05) is 18.1 Å². The third-order valence-corrected chi connectivity index (χ3v) is 4.73. The van der Waals surface area contributed by atoms with Crippen LogP contribution in [0.25, 0.3) is 0 Å². The third kappa shape index (κ3) is 2.54. The number of nitrogens with zero attached hydrogens (tertiary/aromatic N) is 2. The number of rotatable bonds is 4. The molecule has 20 heavy (non-hydrogen) atoms. The second-order valence-corrected chi connectivity index (χ2v) is 6.14. The maximum Gasteiger partial charge on any atom is 0.0579 e. The zero-order valence-electron chi connectivity index (χ0n) is 12.4. The Morgan fingerprint density at radius 3 is 2.60 bits per heavy atom. The van der Waals surface area contributed by atoms with E-state index in [2.05, 4.69) is 41.2 Å². The average molecular weight is 275 g/mol. The molecule has 3 rings (SSSR count). The lowest BCUT2D eigenvalue weighted by molar-refractivity contribution is 0.126. The fourth-order valence-electron chi connectivity index (χ4n) is 3.79. The van der Waals surface area contributed by atoms with Crippen molar-refractivity contribution in [2.24, 2.45) is 0 Å². The zero-order chi connectivity index (χ0) is 14.1. The van der Waals surface area contributed by atoms with E-state index in [1.807, 2.05) is 6.20 Å². The Balaban J connectivity index is 1.75. The molecule has 1 aromatic heterocycles. The predicted octanol–water partition coefficient (Wildman–Crippen LogP) is 2.24. The number of aromatic nitrogens is 1. The second-order valence-electron chi connectivity index (χ2n) is 6.14. The minimum Gasteiger partial charge on any atom is -0.393 e. The van der Waals surface area contributed by atoms with Gasteiger partial charge in [0.25, 0.3) is 0 Å². The molecule has 4 heteroatoms. The van der Waals surface area contributed by atoms with Crippen LogP contribution in [0.15, 0.2) is 18.3 Å². The van der Waals surface area contributed by atoms with Crippen molar-refractivity contribution in [1.82, 2.24) is 10.3 Å². The van der Waals surface area contributed by atoms with Crippen LogP contribution >= 0.6 is 0 Å². The standard InChI is InChI=1S/C16H25N3O/c1-3-17-11(2)16-7-6-14(10-18-16)19-12-4-5-13(19)9-15(20)8-12/h6-7,10-13,15,17,20H,3-5,8-9H2,1-2H3. The minimum atomic E-state index is -0.107. The number of hydrogen-bond donors (Lipinski definition) is 2. The van der Waals surface area contributed by atoms with Crippen molar-refractivity contribution in [3.05, 3.63) is 24.0 Å². The van der Waals surface area contributed by atoms with Crippen LogP contribution in [0.4, 0.5) is 5.69 Å². The van der Waals surface area contributed by atoms with Crippen LogP contribution in [-0.4, -0.2) is 34.8 Å². The molecule has 110 valence electrons. The van der Waals surface area contributed by atoms with Crippen LogP contribution in [0.3, 0.4) is 0 Å². The highest BCUT2D eigenvalue weighted by molar-refractivity contribution is 5.49. The summed E-state index contributed by atoms with van der Waals surface area (Å²) in [4.78, 5) is 7.11. The summed E-state index contributed by atoms with van der Waals surface area (Å²) in [7, 11) is 0. The molecule has 3 heterocycles. The van der Waals surface area contributed by atoms with Crippen molar-refractivity contribution < 1.29 is 5.11 Å². The van der Waals surface area contributed by atoms with E-state index >= 15 is 0 Å². The van der Waals surface area contributed by atoms with Gasteiger partial charge in [-0.1, -0.05) is 6.92 Å². The first-order chi connectivity index (χ1) is 9.69. The number of fused-ring (bicyclic) bond motifs is 2. The lowest BCUT2D eigenvalue weighted by Gasteiger charge is -2.38. The van der Waals surface area contributed by atoms with E-state index in [-0.39, 0.29) is 6.10 Å². The molecule has 2 fully saturated rings. The highest BCUT2D eigenvalue weighted by atomic mass is 16.3. The van der Waals surface area contributed by atoms with Crippen LogP contribution in [0.5, 0.6) is 0 Å². The smallest absolute Gasteiger partial charge is 0.0579 e. The third-order valence-electron chi connectivity index (χ3n) is 4.73. The summed E-state index contributed by atoms with van der Waals surface area (Å²) in [5.74, 6) is 0. The van der Waals surface area contributed by atoms with Gasteiger partial charge in [0.15, 0.2) is 0 Å². The van der Waals surface area contributed by atoms with Gasteiger partial charge >= 0.3 is 0 Å². The summed E-state index contributed by atoms with van der Waals surface area (Å²) in [6, 6.07) is 5.63. The predicted molar refractivity (Wildman–Crippen MR) is 80.9 cm³/mol. The van der Waals surface area contributed by atoms with E-state index in [1.165, 1.54) is 18.5 Å². The molecule has 4 nitrogen and oxygen atoms in total. The summed E-state index contributed by atoms with van der Waals surface area (Å²) in [6.07, 6.45) is 6.13. The monoisotopic (exact) mass is 275 g/mol. The number of nitrogens with one attached hydrogen (secondary N) is 1. The summed E-state index contributed by atoms with van der Waals surface area (Å²) in [5, 5.41) is 13.3. The number of aliphatic hydroxyl groups excluding tert-OH is 1. The van der Waals surface area contributed by atoms with Crippen molar-refractivity contribution in [3.63, 3.8) is 0 Å². The van der Waals surface area contributed by atoms with Gasteiger partial charge in [-0.2, -0.15) is 0 Å². The van der Waals surface area contributed by atoms with E-state index < -0.39 is 0 Å². The molecule has 0 aromatic carbocycles.